The van der Waals surface area contributed by atoms with Crippen molar-refractivity contribution in [2.24, 2.45) is 5.92 Å². The van der Waals surface area contributed by atoms with Crippen molar-refractivity contribution >= 4 is 27.7 Å². The van der Waals surface area contributed by atoms with Gasteiger partial charge < -0.3 is 15.3 Å². The average Bonchev–Trinajstić information content (AvgIpc) is 3.57. The lowest BCUT2D eigenvalue weighted by Crippen LogP contribution is -2.34. The van der Waals surface area contributed by atoms with E-state index >= 15 is 0 Å². The number of carbonyl (C=O) groups is 2. The quantitative estimate of drug-likeness (QED) is 0.617. The van der Waals surface area contributed by atoms with Crippen LogP contribution in [-0.4, -0.2) is 80.3 Å². The molecule has 1 aliphatic heterocycles. The Morgan fingerprint density at radius 3 is 2.30 bits per heavy atom. The number of sulfonamides is 1. The van der Waals surface area contributed by atoms with Crippen molar-refractivity contribution in [1.29, 1.82) is 0 Å². The number of aromatic nitrogens is 1. The molecule has 0 unspecified atom stereocenters. The molecule has 3 rings (SSSR count). The van der Waals surface area contributed by atoms with Crippen LogP contribution in [0.4, 0.5) is 19.0 Å². The molecule has 0 saturated heterocycles. The van der Waals surface area contributed by atoms with Gasteiger partial charge in [0.1, 0.15) is 5.82 Å². The third-order valence-corrected chi connectivity index (χ3v) is 7.20. The molecule has 1 aliphatic carbocycles. The Hall–Kier alpha value is -2.41. The molecule has 0 radical (unpaired) electrons. The van der Waals surface area contributed by atoms with E-state index in [1.807, 2.05) is 25.1 Å². The molecule has 1 aromatic rings. The Morgan fingerprint density at radius 2 is 1.82 bits per heavy atom. The first-order valence-corrected chi connectivity index (χ1v) is 12.1. The molecule has 1 aromatic heterocycles. The highest BCUT2D eigenvalue weighted by atomic mass is 32.2. The van der Waals surface area contributed by atoms with Gasteiger partial charge in [0, 0.05) is 45.8 Å². The molecule has 9 nitrogen and oxygen atoms in total. The number of amides is 1. The number of alkyl halides is 3. The van der Waals surface area contributed by atoms with Gasteiger partial charge >= 0.3 is 12.1 Å². The molecule has 2 N–H and O–H groups in total. The summed E-state index contributed by atoms with van der Waals surface area (Å²) in [4.78, 5) is 28.1. The lowest BCUT2D eigenvalue weighted by atomic mass is 10.0. The molecule has 13 heteroatoms. The standard InChI is InChI=1S/C18H28N4O3S.C2HF3O2/c1-4-26(24,25)22-9-7-14-11-15(18(23)19-12-13-5-6-13)17(21(2)3)20-16(14)8-10-22;3-2(4,5)1(6)7/h11,13H,4-10,12H2,1-3H3,(H,19,23);(H,6,7). The van der Waals surface area contributed by atoms with E-state index in [0.29, 0.717) is 49.8 Å². The maximum Gasteiger partial charge on any atom is 0.490 e. The minimum atomic E-state index is -5.08. The van der Waals surface area contributed by atoms with Crippen molar-refractivity contribution in [3.05, 3.63) is 22.9 Å². The Morgan fingerprint density at radius 1 is 1.24 bits per heavy atom. The first-order valence-electron chi connectivity index (χ1n) is 10.5. The van der Waals surface area contributed by atoms with Gasteiger partial charge in [-0.1, -0.05) is 0 Å². The van der Waals surface area contributed by atoms with Gasteiger partial charge in [-0.25, -0.2) is 22.5 Å². The SMILES string of the molecule is CCS(=O)(=O)N1CCc2cc(C(=O)NCC3CC3)c(N(C)C)nc2CC1.O=C(O)C(F)(F)F. The Balaban J connectivity index is 0.000000479. The number of hydrogen-bond acceptors (Lipinski definition) is 6. The maximum absolute atomic E-state index is 12.7. The number of hydrogen-bond donors (Lipinski definition) is 2. The number of carboxylic acid groups (broad SMARTS) is 1. The Kier molecular flexibility index (Phi) is 8.69. The van der Waals surface area contributed by atoms with E-state index in [1.54, 1.807) is 6.92 Å². The van der Waals surface area contributed by atoms with E-state index in [0.717, 1.165) is 11.3 Å². The van der Waals surface area contributed by atoms with Gasteiger partial charge in [-0.15, -0.1) is 0 Å². The summed E-state index contributed by atoms with van der Waals surface area (Å²) in [7, 11) is 0.533. The fourth-order valence-electron chi connectivity index (χ4n) is 3.23. The molecular formula is C20H29F3N4O5S. The summed E-state index contributed by atoms with van der Waals surface area (Å²) in [5, 5.41) is 10.1. The molecule has 0 atom stereocenters. The summed E-state index contributed by atoms with van der Waals surface area (Å²) in [5.74, 6) is -1.49. The molecule has 186 valence electrons. The summed E-state index contributed by atoms with van der Waals surface area (Å²) in [6.45, 7) is 3.26. The van der Waals surface area contributed by atoms with Crippen LogP contribution in [0.3, 0.4) is 0 Å². The molecule has 1 amide bonds. The first-order chi connectivity index (χ1) is 15.3. The summed E-state index contributed by atoms with van der Waals surface area (Å²) in [5.41, 5.74) is 2.43. The molecule has 0 spiro atoms. The molecule has 2 heterocycles. The highest BCUT2D eigenvalue weighted by Crippen LogP contribution is 2.28. The van der Waals surface area contributed by atoms with E-state index in [9.17, 15) is 26.4 Å². The number of nitrogens with zero attached hydrogens (tertiary/aromatic N) is 3. The predicted molar refractivity (Wildman–Crippen MR) is 116 cm³/mol. The number of halogens is 3. The van der Waals surface area contributed by atoms with Crippen LogP contribution in [0, 0.1) is 5.92 Å². The molecule has 1 fully saturated rings. The third kappa shape index (κ3) is 7.56. The number of anilines is 1. The number of nitrogens with one attached hydrogen (secondary N) is 1. The second kappa shape index (κ2) is 10.7. The second-order valence-corrected chi connectivity index (χ2v) is 10.4. The molecule has 33 heavy (non-hydrogen) atoms. The fraction of sp³-hybridized carbons (Fsp3) is 0.650. The number of carbonyl (C=O) groups excluding carboxylic acids is 1. The highest BCUT2D eigenvalue weighted by molar-refractivity contribution is 7.89. The van der Waals surface area contributed by atoms with Gasteiger partial charge in [-0.3, -0.25) is 4.79 Å². The topological polar surface area (TPSA) is 120 Å². The maximum atomic E-state index is 12.7. The van der Waals surface area contributed by atoms with Crippen molar-refractivity contribution in [2.75, 3.05) is 44.4 Å². The van der Waals surface area contributed by atoms with Crippen LogP contribution in [0.15, 0.2) is 6.07 Å². The summed E-state index contributed by atoms with van der Waals surface area (Å²) in [6.07, 6.45) is -1.56. The number of carboxylic acids is 1. The van der Waals surface area contributed by atoms with E-state index < -0.39 is 22.2 Å². The van der Waals surface area contributed by atoms with Gasteiger partial charge in [-0.2, -0.15) is 13.2 Å². The van der Waals surface area contributed by atoms with Gasteiger partial charge in [0.2, 0.25) is 10.0 Å². The second-order valence-electron chi connectivity index (χ2n) is 8.12. The van der Waals surface area contributed by atoms with Gasteiger partial charge in [0.25, 0.3) is 5.91 Å². The Labute approximate surface area is 191 Å². The largest absolute Gasteiger partial charge is 0.490 e. The summed E-state index contributed by atoms with van der Waals surface area (Å²) < 4.78 is 57.7. The molecule has 0 bridgehead atoms. The van der Waals surface area contributed by atoms with Crippen LogP contribution < -0.4 is 10.2 Å². The normalized spacial score (nSPS) is 16.7. The van der Waals surface area contributed by atoms with Gasteiger partial charge in [-0.05, 0) is 43.7 Å². The summed E-state index contributed by atoms with van der Waals surface area (Å²) >= 11 is 0. The number of fused-ring (bicyclic) bond motifs is 1. The monoisotopic (exact) mass is 494 g/mol. The molecule has 2 aliphatic rings. The minimum absolute atomic E-state index is 0.0989. The van der Waals surface area contributed by atoms with Gasteiger partial charge in [0.05, 0.1) is 11.3 Å². The van der Waals surface area contributed by atoms with Crippen LogP contribution in [0.1, 0.15) is 41.4 Å². The first kappa shape index (κ1) is 26.8. The van der Waals surface area contributed by atoms with E-state index in [4.69, 9.17) is 14.9 Å². The predicted octanol–water partition coefficient (Wildman–Crippen LogP) is 1.67. The van der Waals surface area contributed by atoms with Crippen LogP contribution in [-0.2, 0) is 27.7 Å². The highest BCUT2D eigenvalue weighted by Gasteiger charge is 2.38. The average molecular weight is 495 g/mol. The van der Waals surface area contributed by atoms with E-state index in [2.05, 4.69) is 5.32 Å². The van der Waals surface area contributed by atoms with Crippen molar-refractivity contribution in [1.82, 2.24) is 14.6 Å². The zero-order valence-electron chi connectivity index (χ0n) is 18.8. The Bertz CT molecular complexity index is 979. The zero-order valence-corrected chi connectivity index (χ0v) is 19.6. The van der Waals surface area contributed by atoms with Crippen LogP contribution in [0.2, 0.25) is 0 Å². The lowest BCUT2D eigenvalue weighted by molar-refractivity contribution is -0.192. The smallest absolute Gasteiger partial charge is 0.475 e. The molecular weight excluding hydrogens is 465 g/mol. The van der Waals surface area contributed by atoms with Crippen molar-refractivity contribution in [3.63, 3.8) is 0 Å². The van der Waals surface area contributed by atoms with Crippen LogP contribution >= 0.6 is 0 Å². The number of pyridine rings is 1. The number of rotatable bonds is 6. The zero-order chi connectivity index (χ0) is 25.0. The van der Waals surface area contributed by atoms with Crippen molar-refractivity contribution in [3.8, 4) is 0 Å². The van der Waals surface area contributed by atoms with Crippen LogP contribution in [0.5, 0.6) is 0 Å². The lowest BCUT2D eigenvalue weighted by Gasteiger charge is -2.19. The van der Waals surface area contributed by atoms with E-state index in [-0.39, 0.29) is 11.7 Å². The minimum Gasteiger partial charge on any atom is -0.475 e. The molecule has 0 aromatic carbocycles. The fourth-order valence-corrected chi connectivity index (χ4v) is 4.33. The summed E-state index contributed by atoms with van der Waals surface area (Å²) in [6, 6.07) is 1.90. The van der Waals surface area contributed by atoms with Crippen molar-refractivity contribution < 1.29 is 36.3 Å². The van der Waals surface area contributed by atoms with Crippen molar-refractivity contribution in [2.45, 2.75) is 38.8 Å². The van der Waals surface area contributed by atoms with Crippen LogP contribution in [0.25, 0.3) is 0 Å². The third-order valence-electron chi connectivity index (χ3n) is 5.32. The number of aliphatic carboxylic acids is 1. The van der Waals surface area contributed by atoms with Gasteiger partial charge in [0.15, 0.2) is 0 Å². The molecule has 1 saturated carbocycles. The van der Waals surface area contributed by atoms with E-state index in [1.165, 1.54) is 17.1 Å².